The van der Waals surface area contributed by atoms with Crippen molar-refractivity contribution in [2.45, 2.75) is 31.8 Å². The number of benzene rings is 1. The molecule has 0 bridgehead atoms. The lowest BCUT2D eigenvalue weighted by Crippen LogP contribution is -2.48. The number of hydrogen-bond donors (Lipinski definition) is 3. The number of nitrogens with zero attached hydrogens (tertiary/aromatic N) is 3. The molecule has 35 heavy (non-hydrogen) atoms. The summed E-state index contributed by atoms with van der Waals surface area (Å²) in [4.78, 5) is 20.7. The Morgan fingerprint density at radius 1 is 1.29 bits per heavy atom. The quantitative estimate of drug-likeness (QED) is 0.308. The molecule has 1 aromatic rings. The molecule has 1 atom stereocenters. The Morgan fingerprint density at radius 3 is 2.63 bits per heavy atom. The van der Waals surface area contributed by atoms with Gasteiger partial charge in [0, 0.05) is 62.9 Å². The predicted octanol–water partition coefficient (Wildman–Crippen LogP) is 3.02. The molecule has 4 rings (SSSR count). The van der Waals surface area contributed by atoms with Crippen LogP contribution in [0.4, 0.5) is 28.9 Å². The maximum absolute atomic E-state index is 13.6. The minimum Gasteiger partial charge on any atom is -0.481 e. The van der Waals surface area contributed by atoms with Gasteiger partial charge in [-0.2, -0.15) is 0 Å². The van der Waals surface area contributed by atoms with E-state index >= 15 is 0 Å². The Labute approximate surface area is 199 Å². The largest absolute Gasteiger partial charge is 0.481 e. The van der Waals surface area contributed by atoms with E-state index in [0.29, 0.717) is 48.9 Å². The molecule has 1 unspecified atom stereocenters. The van der Waals surface area contributed by atoms with E-state index in [4.69, 9.17) is 10.1 Å². The van der Waals surface area contributed by atoms with Gasteiger partial charge in [-0.3, -0.25) is 9.69 Å². The summed E-state index contributed by atoms with van der Waals surface area (Å²) in [5.41, 5.74) is -0.306. The van der Waals surface area contributed by atoms with Crippen LogP contribution in [0.1, 0.15) is 12.5 Å². The van der Waals surface area contributed by atoms with Crippen LogP contribution in [-0.2, 0) is 11.2 Å². The molecule has 1 aromatic carbocycles. The highest BCUT2D eigenvalue weighted by atomic mass is 19.3. The van der Waals surface area contributed by atoms with Crippen molar-refractivity contribution in [1.82, 2.24) is 10.2 Å². The number of fused-ring (bicyclic) bond motifs is 1. The lowest BCUT2D eigenvalue weighted by molar-refractivity contribution is -0.112. The second kappa shape index (κ2) is 10.1. The molecule has 0 spiro atoms. The molecular weight excluding hydrogens is 468 g/mol. The summed E-state index contributed by atoms with van der Waals surface area (Å²) in [6, 6.07) is 3.21. The summed E-state index contributed by atoms with van der Waals surface area (Å²) in [5, 5.41) is 13.3. The number of ether oxygens (including phenoxy) is 1. The van der Waals surface area contributed by atoms with E-state index in [9.17, 15) is 22.4 Å². The number of allylic oxidation sites excluding steroid dienone is 1. The first-order valence-electron chi connectivity index (χ1n) is 11.1. The molecular formula is C23H26F4N6O2. The average molecular weight is 494 g/mol. The van der Waals surface area contributed by atoms with Crippen LogP contribution in [0.2, 0.25) is 0 Å². The van der Waals surface area contributed by atoms with Gasteiger partial charge in [-0.25, -0.2) is 22.6 Å². The molecule has 0 aliphatic carbocycles. The zero-order valence-corrected chi connectivity index (χ0v) is 19.0. The van der Waals surface area contributed by atoms with Crippen LogP contribution < -0.4 is 20.3 Å². The number of rotatable bonds is 7. The average Bonchev–Trinajstić information content (AvgIpc) is 3.16. The van der Waals surface area contributed by atoms with E-state index < -0.39 is 24.4 Å². The van der Waals surface area contributed by atoms with Crippen LogP contribution in [0, 0.1) is 5.41 Å². The molecule has 0 aromatic heterocycles. The van der Waals surface area contributed by atoms with Crippen LogP contribution in [0.25, 0.3) is 0 Å². The molecule has 3 N–H and O–H groups in total. The number of carbonyl (C=O) groups is 1. The van der Waals surface area contributed by atoms with Gasteiger partial charge in [0.2, 0.25) is 0 Å². The third kappa shape index (κ3) is 5.31. The van der Waals surface area contributed by atoms with E-state index in [-0.39, 0.29) is 24.4 Å². The lowest BCUT2D eigenvalue weighted by atomic mass is 9.99. The highest BCUT2D eigenvalue weighted by molar-refractivity contribution is 6.18. The Bertz CT molecular complexity index is 1080. The summed E-state index contributed by atoms with van der Waals surface area (Å²) in [6.45, 7) is 2.56. The number of piperazine rings is 1. The molecule has 3 heterocycles. The smallest absolute Gasteiger partial charge is 0.277 e. The van der Waals surface area contributed by atoms with E-state index in [0.717, 1.165) is 6.21 Å². The summed E-state index contributed by atoms with van der Waals surface area (Å²) >= 11 is 0. The zero-order chi connectivity index (χ0) is 25.2. The molecule has 1 saturated heterocycles. The number of aliphatic imine (C=N–C) groups is 1. The van der Waals surface area contributed by atoms with Crippen molar-refractivity contribution in [2.75, 3.05) is 42.9 Å². The maximum atomic E-state index is 13.6. The highest BCUT2D eigenvalue weighted by Gasteiger charge is 2.44. The van der Waals surface area contributed by atoms with Gasteiger partial charge in [-0.05, 0) is 19.1 Å². The minimum absolute atomic E-state index is 0.0209. The van der Waals surface area contributed by atoms with Crippen molar-refractivity contribution in [3.63, 3.8) is 0 Å². The SMILES string of the molecule is CC1(C(F)F)Cc2cc(NC(=O)/C(C=N)=C3\N=CC=CN3)c(N3CCN(CC(F)F)CC3)cc2O1. The van der Waals surface area contributed by atoms with Gasteiger partial charge in [0.05, 0.1) is 23.5 Å². The first-order valence-corrected chi connectivity index (χ1v) is 11.1. The van der Waals surface area contributed by atoms with Crippen molar-refractivity contribution >= 4 is 29.7 Å². The van der Waals surface area contributed by atoms with Gasteiger partial charge < -0.3 is 25.7 Å². The minimum atomic E-state index is -2.72. The van der Waals surface area contributed by atoms with Crippen LogP contribution in [0.5, 0.6) is 5.75 Å². The number of alkyl halides is 4. The van der Waals surface area contributed by atoms with Gasteiger partial charge in [-0.1, -0.05) is 0 Å². The topological polar surface area (TPSA) is 93.0 Å². The van der Waals surface area contributed by atoms with E-state index in [1.807, 2.05) is 4.90 Å². The number of hydrogen-bond acceptors (Lipinski definition) is 7. The van der Waals surface area contributed by atoms with Gasteiger partial charge >= 0.3 is 0 Å². The van der Waals surface area contributed by atoms with Crippen molar-refractivity contribution in [3.8, 4) is 5.75 Å². The number of carbonyl (C=O) groups excluding carboxylic acids is 1. The van der Waals surface area contributed by atoms with Crippen LogP contribution >= 0.6 is 0 Å². The summed E-state index contributed by atoms with van der Waals surface area (Å²) in [7, 11) is 0. The maximum Gasteiger partial charge on any atom is 0.277 e. The molecule has 12 heteroatoms. The number of amides is 1. The number of nitrogens with one attached hydrogen (secondary N) is 3. The Kier molecular flexibility index (Phi) is 7.10. The van der Waals surface area contributed by atoms with Crippen LogP contribution in [0.3, 0.4) is 0 Å². The summed E-state index contributed by atoms with van der Waals surface area (Å²) < 4.78 is 58.4. The second-order valence-corrected chi connectivity index (χ2v) is 8.69. The van der Waals surface area contributed by atoms with E-state index in [2.05, 4.69) is 15.6 Å². The Morgan fingerprint density at radius 2 is 2.03 bits per heavy atom. The summed E-state index contributed by atoms with van der Waals surface area (Å²) in [6.07, 6.45) is 0.366. The molecule has 8 nitrogen and oxygen atoms in total. The lowest BCUT2D eigenvalue weighted by Gasteiger charge is -2.37. The van der Waals surface area contributed by atoms with Gasteiger partial charge in [0.25, 0.3) is 18.8 Å². The number of halogens is 4. The number of anilines is 2. The zero-order valence-electron chi connectivity index (χ0n) is 19.0. The fourth-order valence-electron chi connectivity index (χ4n) is 4.27. The molecule has 3 aliphatic heterocycles. The molecule has 1 amide bonds. The third-order valence-corrected chi connectivity index (χ3v) is 6.13. The Balaban J connectivity index is 1.64. The standard InChI is InChI=1S/C23H26F4N6O2/c1-23(22(26)27)11-14-9-16(31-21(34)15(12-28)20-29-3-2-4-30-20)17(10-18(14)35-23)33-7-5-32(6-8-33)13-19(24)25/h2-4,9-10,12,19,22,28-29H,5-8,11,13H2,1H3,(H,31,34)/b20-15-,28-12?. The fourth-order valence-corrected chi connectivity index (χ4v) is 4.27. The monoisotopic (exact) mass is 494 g/mol. The van der Waals surface area contributed by atoms with Crippen molar-refractivity contribution in [1.29, 1.82) is 5.41 Å². The molecule has 1 fully saturated rings. The van der Waals surface area contributed by atoms with Crippen LogP contribution in [0.15, 0.2) is 40.8 Å². The first kappa shape index (κ1) is 24.7. The van der Waals surface area contributed by atoms with Gasteiger partial charge in [0.15, 0.2) is 5.60 Å². The normalized spacial score (nSPS) is 23.2. The van der Waals surface area contributed by atoms with E-state index in [1.54, 1.807) is 29.3 Å². The first-order chi connectivity index (χ1) is 16.7. The molecule has 0 saturated carbocycles. The van der Waals surface area contributed by atoms with E-state index in [1.165, 1.54) is 13.1 Å². The fraction of sp³-hybridized carbons (Fsp3) is 0.435. The molecule has 0 radical (unpaired) electrons. The van der Waals surface area contributed by atoms with Crippen LogP contribution in [-0.4, -0.2) is 74.4 Å². The predicted molar refractivity (Wildman–Crippen MR) is 125 cm³/mol. The third-order valence-electron chi connectivity index (χ3n) is 6.13. The van der Waals surface area contributed by atoms with Crippen molar-refractivity contribution in [2.24, 2.45) is 4.99 Å². The summed E-state index contributed by atoms with van der Waals surface area (Å²) in [5.74, 6) is -0.120. The van der Waals surface area contributed by atoms with Gasteiger partial charge in [-0.15, -0.1) is 0 Å². The second-order valence-electron chi connectivity index (χ2n) is 8.69. The Hall–Kier alpha value is -3.41. The molecule has 188 valence electrons. The van der Waals surface area contributed by atoms with Gasteiger partial charge in [0.1, 0.15) is 11.6 Å². The molecule has 3 aliphatic rings. The highest BCUT2D eigenvalue weighted by Crippen LogP contribution is 2.44. The van der Waals surface area contributed by atoms with Crippen molar-refractivity contribution < 1.29 is 27.1 Å². The van der Waals surface area contributed by atoms with Crippen molar-refractivity contribution in [3.05, 3.63) is 41.4 Å².